The summed E-state index contributed by atoms with van der Waals surface area (Å²) >= 11 is 0. The maximum absolute atomic E-state index is 10.5. The molecule has 1 heterocycles. The van der Waals surface area contributed by atoms with Gasteiger partial charge < -0.3 is 10.0 Å². The first kappa shape index (κ1) is 13.5. The molecular weight excluding hydrogens is 224 g/mol. The Morgan fingerprint density at radius 3 is 2.50 bits per heavy atom. The lowest BCUT2D eigenvalue weighted by Crippen LogP contribution is -2.54. The van der Waals surface area contributed by atoms with Crippen molar-refractivity contribution in [3.05, 3.63) is 35.9 Å². The Bertz CT molecular complexity index is 368. The van der Waals surface area contributed by atoms with Crippen LogP contribution in [-0.2, 0) is 0 Å². The SMILES string of the molecule is CC1CN(C)CCN1C(C)C(O)c1ccccc1. The van der Waals surface area contributed by atoms with Gasteiger partial charge in [0.25, 0.3) is 0 Å². The highest BCUT2D eigenvalue weighted by Gasteiger charge is 2.29. The molecule has 0 aromatic heterocycles. The summed E-state index contributed by atoms with van der Waals surface area (Å²) in [7, 11) is 2.16. The van der Waals surface area contributed by atoms with Crippen LogP contribution < -0.4 is 0 Å². The molecule has 1 saturated heterocycles. The summed E-state index contributed by atoms with van der Waals surface area (Å²) in [6, 6.07) is 10.6. The van der Waals surface area contributed by atoms with Crippen molar-refractivity contribution >= 4 is 0 Å². The molecule has 0 aliphatic carbocycles. The number of piperazine rings is 1. The molecule has 0 amide bonds. The summed E-state index contributed by atoms with van der Waals surface area (Å²) in [6.45, 7) is 7.55. The van der Waals surface area contributed by atoms with Gasteiger partial charge in [-0.1, -0.05) is 30.3 Å². The molecule has 0 saturated carbocycles. The summed E-state index contributed by atoms with van der Waals surface area (Å²) in [5, 5.41) is 10.5. The van der Waals surface area contributed by atoms with Crippen molar-refractivity contribution in [1.29, 1.82) is 0 Å². The van der Waals surface area contributed by atoms with E-state index in [0.29, 0.717) is 6.04 Å². The van der Waals surface area contributed by atoms with Crippen molar-refractivity contribution in [1.82, 2.24) is 9.80 Å². The second kappa shape index (κ2) is 5.83. The van der Waals surface area contributed by atoms with Gasteiger partial charge in [0.1, 0.15) is 0 Å². The van der Waals surface area contributed by atoms with E-state index in [1.165, 1.54) is 0 Å². The average Bonchev–Trinajstić information content (AvgIpc) is 2.38. The van der Waals surface area contributed by atoms with Crippen molar-refractivity contribution in [2.24, 2.45) is 0 Å². The molecule has 1 aromatic carbocycles. The number of benzene rings is 1. The van der Waals surface area contributed by atoms with Gasteiger partial charge in [-0.3, -0.25) is 4.90 Å². The quantitative estimate of drug-likeness (QED) is 0.883. The highest BCUT2D eigenvalue weighted by atomic mass is 16.3. The second-order valence-electron chi connectivity index (χ2n) is 5.45. The molecule has 1 N–H and O–H groups in total. The van der Waals surface area contributed by atoms with Crippen LogP contribution in [0.5, 0.6) is 0 Å². The maximum Gasteiger partial charge on any atom is 0.0942 e. The molecule has 3 unspecified atom stereocenters. The zero-order chi connectivity index (χ0) is 13.1. The first-order valence-electron chi connectivity index (χ1n) is 6.77. The molecule has 1 aliphatic rings. The molecule has 2 rings (SSSR count). The lowest BCUT2D eigenvalue weighted by atomic mass is 10.00. The molecule has 100 valence electrons. The topological polar surface area (TPSA) is 26.7 Å². The first-order valence-corrected chi connectivity index (χ1v) is 6.77. The van der Waals surface area contributed by atoms with Gasteiger partial charge in [-0.05, 0) is 26.5 Å². The lowest BCUT2D eigenvalue weighted by molar-refractivity contribution is 0.00200. The fourth-order valence-corrected chi connectivity index (χ4v) is 2.87. The first-order chi connectivity index (χ1) is 8.59. The summed E-state index contributed by atoms with van der Waals surface area (Å²) in [6.07, 6.45) is -0.406. The van der Waals surface area contributed by atoms with Crippen molar-refractivity contribution < 1.29 is 5.11 Å². The fraction of sp³-hybridized carbons (Fsp3) is 0.600. The predicted molar refractivity (Wildman–Crippen MR) is 74.5 cm³/mol. The van der Waals surface area contributed by atoms with Crippen LogP contribution in [0.25, 0.3) is 0 Å². The number of hydrogen-bond donors (Lipinski definition) is 1. The third-order valence-electron chi connectivity index (χ3n) is 4.00. The van der Waals surface area contributed by atoms with E-state index in [2.05, 4.69) is 30.7 Å². The number of aliphatic hydroxyl groups excluding tert-OH is 1. The van der Waals surface area contributed by atoms with Gasteiger partial charge in [0, 0.05) is 31.7 Å². The highest BCUT2D eigenvalue weighted by molar-refractivity contribution is 5.18. The molecule has 0 bridgehead atoms. The Morgan fingerprint density at radius 1 is 1.22 bits per heavy atom. The van der Waals surface area contributed by atoms with Gasteiger partial charge in [-0.25, -0.2) is 0 Å². The number of rotatable bonds is 3. The molecule has 18 heavy (non-hydrogen) atoms. The van der Waals surface area contributed by atoms with Gasteiger partial charge >= 0.3 is 0 Å². The molecule has 0 spiro atoms. The van der Waals surface area contributed by atoms with E-state index in [9.17, 15) is 5.11 Å². The largest absolute Gasteiger partial charge is 0.387 e. The van der Waals surface area contributed by atoms with E-state index < -0.39 is 6.10 Å². The van der Waals surface area contributed by atoms with Gasteiger partial charge in [-0.15, -0.1) is 0 Å². The van der Waals surface area contributed by atoms with Crippen molar-refractivity contribution in [3.8, 4) is 0 Å². The summed E-state index contributed by atoms with van der Waals surface area (Å²) in [5.41, 5.74) is 1.01. The Balaban J connectivity index is 2.04. The van der Waals surface area contributed by atoms with Crippen molar-refractivity contribution in [2.75, 3.05) is 26.7 Å². The molecule has 3 atom stereocenters. The van der Waals surface area contributed by atoms with E-state index in [0.717, 1.165) is 25.2 Å². The minimum atomic E-state index is -0.406. The third kappa shape index (κ3) is 2.91. The van der Waals surface area contributed by atoms with Crippen molar-refractivity contribution in [3.63, 3.8) is 0 Å². The average molecular weight is 248 g/mol. The Morgan fingerprint density at radius 2 is 1.89 bits per heavy atom. The lowest BCUT2D eigenvalue weighted by Gasteiger charge is -2.43. The normalized spacial score (nSPS) is 25.9. The van der Waals surface area contributed by atoms with Crippen LogP contribution in [0, 0.1) is 0 Å². The minimum absolute atomic E-state index is 0.163. The molecule has 3 nitrogen and oxygen atoms in total. The van der Waals surface area contributed by atoms with Crippen LogP contribution in [0.2, 0.25) is 0 Å². The number of hydrogen-bond acceptors (Lipinski definition) is 3. The van der Waals surface area contributed by atoms with E-state index in [1.54, 1.807) is 0 Å². The van der Waals surface area contributed by atoms with Gasteiger partial charge in [0.15, 0.2) is 0 Å². The van der Waals surface area contributed by atoms with E-state index >= 15 is 0 Å². The summed E-state index contributed by atoms with van der Waals surface area (Å²) in [4.78, 5) is 4.76. The van der Waals surface area contributed by atoms with E-state index in [4.69, 9.17) is 0 Å². The van der Waals surface area contributed by atoms with Crippen LogP contribution in [-0.4, -0.2) is 53.7 Å². The van der Waals surface area contributed by atoms with Crippen LogP contribution in [0.15, 0.2) is 30.3 Å². The highest BCUT2D eigenvalue weighted by Crippen LogP contribution is 2.23. The standard InChI is InChI=1S/C15H24N2O/c1-12-11-16(3)9-10-17(12)13(2)15(18)14-7-5-4-6-8-14/h4-8,12-13,15,18H,9-11H2,1-3H3. The summed E-state index contributed by atoms with van der Waals surface area (Å²) < 4.78 is 0. The number of likely N-dealkylation sites (N-methyl/N-ethyl adjacent to an activating group) is 1. The molecule has 0 radical (unpaired) electrons. The smallest absolute Gasteiger partial charge is 0.0942 e. The van der Waals surface area contributed by atoms with E-state index in [1.807, 2.05) is 30.3 Å². The fourth-order valence-electron chi connectivity index (χ4n) is 2.87. The zero-order valence-electron chi connectivity index (χ0n) is 11.6. The number of aliphatic hydroxyl groups is 1. The zero-order valence-corrected chi connectivity index (χ0v) is 11.6. The van der Waals surface area contributed by atoms with Crippen molar-refractivity contribution in [2.45, 2.75) is 32.0 Å². The molecular formula is C15H24N2O. The summed E-state index contributed by atoms with van der Waals surface area (Å²) in [5.74, 6) is 0. The maximum atomic E-state index is 10.5. The molecule has 1 fully saturated rings. The second-order valence-corrected chi connectivity index (χ2v) is 5.45. The molecule has 3 heteroatoms. The monoisotopic (exact) mass is 248 g/mol. The van der Waals surface area contributed by atoms with Crippen LogP contribution in [0.3, 0.4) is 0 Å². The molecule has 1 aliphatic heterocycles. The predicted octanol–water partition coefficient (Wildman–Crippen LogP) is 1.74. The van der Waals surface area contributed by atoms with Gasteiger partial charge in [0.2, 0.25) is 0 Å². The van der Waals surface area contributed by atoms with Gasteiger partial charge in [-0.2, -0.15) is 0 Å². The minimum Gasteiger partial charge on any atom is -0.387 e. The Hall–Kier alpha value is -0.900. The van der Waals surface area contributed by atoms with Crippen LogP contribution in [0.4, 0.5) is 0 Å². The Kier molecular flexibility index (Phi) is 4.38. The molecule has 1 aromatic rings. The third-order valence-corrected chi connectivity index (χ3v) is 4.00. The van der Waals surface area contributed by atoms with Crippen LogP contribution >= 0.6 is 0 Å². The van der Waals surface area contributed by atoms with Crippen LogP contribution in [0.1, 0.15) is 25.5 Å². The van der Waals surface area contributed by atoms with E-state index in [-0.39, 0.29) is 6.04 Å². The van der Waals surface area contributed by atoms with Gasteiger partial charge in [0.05, 0.1) is 6.10 Å². The Labute approximate surface area is 110 Å². The number of nitrogens with zero attached hydrogens (tertiary/aromatic N) is 2.